The number of unbranched alkanes of at least 4 members (excludes halogenated alkanes) is 2. The van der Waals surface area contributed by atoms with Crippen molar-refractivity contribution in [2.45, 2.75) is 42.4 Å². The van der Waals surface area contributed by atoms with Gasteiger partial charge < -0.3 is 9.84 Å². The first-order valence-corrected chi connectivity index (χ1v) is 13.2. The maximum Gasteiger partial charge on any atom is 0.235 e. The quantitative estimate of drug-likeness (QED) is 0.258. The number of hydrogen-bond acceptors (Lipinski definition) is 5. The molecule has 4 aliphatic rings. The molecular formula is C28H25Cl2N3O4. The Bertz CT molecular complexity index is 1310. The van der Waals surface area contributed by atoms with Crippen LogP contribution in [0.25, 0.3) is 0 Å². The zero-order valence-corrected chi connectivity index (χ0v) is 21.7. The third-order valence-corrected chi connectivity index (χ3v) is 9.14. The van der Waals surface area contributed by atoms with Crippen LogP contribution >= 0.6 is 23.2 Å². The van der Waals surface area contributed by atoms with Gasteiger partial charge in [-0.25, -0.2) is 0 Å². The number of benzene rings is 2. The minimum absolute atomic E-state index is 0.159. The fourth-order valence-corrected chi connectivity index (χ4v) is 7.41. The zero-order chi connectivity index (χ0) is 25.9. The number of imide groups is 1. The molecule has 0 radical (unpaired) electrons. The molecule has 0 unspecified atom stereocenters. The van der Waals surface area contributed by atoms with Crippen molar-refractivity contribution >= 4 is 46.7 Å². The van der Waals surface area contributed by atoms with E-state index in [2.05, 4.69) is 10.5 Å². The number of nitrogens with one attached hydrogen (secondary N) is 1. The number of likely N-dealkylation sites (tertiary alicyclic amines) is 1. The highest BCUT2D eigenvalue weighted by molar-refractivity contribution is 6.36. The number of aromatic nitrogens is 1. The van der Waals surface area contributed by atoms with E-state index in [9.17, 15) is 14.4 Å². The van der Waals surface area contributed by atoms with Gasteiger partial charge in [0.15, 0.2) is 5.82 Å². The van der Waals surface area contributed by atoms with E-state index in [-0.39, 0.29) is 24.3 Å². The Labute approximate surface area is 224 Å². The van der Waals surface area contributed by atoms with Crippen molar-refractivity contribution in [2.24, 2.45) is 11.8 Å². The van der Waals surface area contributed by atoms with E-state index in [4.69, 9.17) is 27.7 Å². The lowest BCUT2D eigenvalue weighted by Crippen LogP contribution is -2.57. The lowest BCUT2D eigenvalue weighted by molar-refractivity contribution is -0.140. The van der Waals surface area contributed by atoms with Crippen LogP contribution in [-0.2, 0) is 24.1 Å². The molecule has 2 aromatic carbocycles. The number of nitrogens with zero attached hydrogens (tertiary/aromatic N) is 2. The van der Waals surface area contributed by atoms with Gasteiger partial charge in [-0.05, 0) is 42.0 Å². The standard InChI is InChI=1S/C28H25Cl2N3O4/c1-16-15-21(32-37-16)31-22(34)13-3-2-8-14-33-25(35)23-24(26(33)36)28(30)18-10-5-4-9-17(18)27(23,29)19-11-6-7-12-20(19)28/h4-7,9-12,15,23-24H,2-3,8,13-14H2,1H3,(H,31,32,34)/t23-,24-,27?,28?/m0/s1. The van der Waals surface area contributed by atoms with Gasteiger partial charge in [-0.2, -0.15) is 0 Å². The van der Waals surface area contributed by atoms with Crippen molar-refractivity contribution in [2.75, 3.05) is 11.9 Å². The molecule has 1 aliphatic heterocycles. The summed E-state index contributed by atoms with van der Waals surface area (Å²) in [4.78, 5) is 38.7. The Balaban J connectivity index is 1.18. The number of halogens is 2. The van der Waals surface area contributed by atoms with E-state index in [0.29, 0.717) is 37.3 Å². The highest BCUT2D eigenvalue weighted by Gasteiger charge is 2.72. The first kappa shape index (κ1) is 24.2. The molecule has 2 heterocycles. The fraction of sp³-hybridized carbons (Fsp3) is 0.357. The summed E-state index contributed by atoms with van der Waals surface area (Å²) in [7, 11) is 0. The van der Waals surface area contributed by atoms with Crippen LogP contribution in [-0.4, -0.2) is 34.3 Å². The van der Waals surface area contributed by atoms with Gasteiger partial charge in [0.05, 0.1) is 11.8 Å². The van der Waals surface area contributed by atoms with Crippen molar-refractivity contribution < 1.29 is 18.9 Å². The highest BCUT2D eigenvalue weighted by atomic mass is 35.5. The molecule has 7 rings (SSSR count). The number of anilines is 1. The van der Waals surface area contributed by atoms with E-state index in [1.807, 2.05) is 48.5 Å². The number of rotatable bonds is 7. The summed E-state index contributed by atoms with van der Waals surface area (Å²) in [6, 6.07) is 16.9. The zero-order valence-electron chi connectivity index (χ0n) is 20.2. The molecule has 1 saturated heterocycles. The largest absolute Gasteiger partial charge is 0.360 e. The van der Waals surface area contributed by atoms with Gasteiger partial charge in [-0.15, -0.1) is 23.2 Å². The third-order valence-electron chi connectivity index (χ3n) is 7.86. The van der Waals surface area contributed by atoms with Crippen LogP contribution in [0.15, 0.2) is 59.1 Å². The van der Waals surface area contributed by atoms with E-state index in [1.165, 1.54) is 4.90 Å². The average Bonchev–Trinajstić information content (AvgIpc) is 3.42. The number of amides is 3. The molecule has 2 bridgehead atoms. The van der Waals surface area contributed by atoms with Crippen LogP contribution in [0.4, 0.5) is 5.82 Å². The van der Waals surface area contributed by atoms with Crippen LogP contribution < -0.4 is 5.32 Å². The second kappa shape index (κ2) is 8.71. The van der Waals surface area contributed by atoms with Crippen molar-refractivity contribution in [3.05, 3.63) is 82.6 Å². The average molecular weight is 538 g/mol. The molecule has 0 saturated carbocycles. The molecule has 3 amide bonds. The van der Waals surface area contributed by atoms with Gasteiger partial charge in [-0.1, -0.05) is 60.1 Å². The van der Waals surface area contributed by atoms with E-state index >= 15 is 0 Å². The SMILES string of the molecule is Cc1cc(NC(=O)CCCCCN2C(=O)[C@@H]3[C@@H](C2=O)C2(Cl)c4ccccc4C3(Cl)c3ccccc32)no1. The van der Waals surface area contributed by atoms with Gasteiger partial charge in [0.1, 0.15) is 15.5 Å². The monoisotopic (exact) mass is 537 g/mol. The number of alkyl halides is 2. The lowest BCUT2D eigenvalue weighted by Gasteiger charge is -2.54. The molecule has 7 nitrogen and oxygen atoms in total. The number of carbonyl (C=O) groups is 3. The van der Waals surface area contributed by atoms with E-state index in [0.717, 1.165) is 22.3 Å². The molecule has 37 heavy (non-hydrogen) atoms. The predicted molar refractivity (Wildman–Crippen MR) is 138 cm³/mol. The Hall–Kier alpha value is -3.16. The first-order chi connectivity index (χ1) is 17.8. The van der Waals surface area contributed by atoms with Crippen molar-refractivity contribution in [3.63, 3.8) is 0 Å². The molecule has 190 valence electrons. The first-order valence-electron chi connectivity index (χ1n) is 12.4. The molecule has 1 aromatic heterocycles. The topological polar surface area (TPSA) is 92.5 Å². The van der Waals surface area contributed by atoms with Crippen LogP contribution in [0, 0.1) is 18.8 Å². The summed E-state index contributed by atoms with van der Waals surface area (Å²) < 4.78 is 4.95. The summed E-state index contributed by atoms with van der Waals surface area (Å²) in [5.74, 6) is -1.27. The van der Waals surface area contributed by atoms with Crippen molar-refractivity contribution in [3.8, 4) is 0 Å². The summed E-state index contributed by atoms with van der Waals surface area (Å²) >= 11 is 14.8. The predicted octanol–water partition coefficient (Wildman–Crippen LogP) is 5.08. The van der Waals surface area contributed by atoms with Crippen molar-refractivity contribution in [1.82, 2.24) is 10.1 Å². The van der Waals surface area contributed by atoms with Gasteiger partial charge >= 0.3 is 0 Å². The maximum atomic E-state index is 13.8. The molecule has 1 N–H and O–H groups in total. The number of aryl methyl sites for hydroxylation is 1. The van der Waals surface area contributed by atoms with Gasteiger partial charge in [0.25, 0.3) is 0 Å². The number of hydrogen-bond donors (Lipinski definition) is 1. The van der Waals surface area contributed by atoms with Crippen LogP contribution in [0.2, 0.25) is 0 Å². The molecule has 1 fully saturated rings. The summed E-state index contributed by atoms with van der Waals surface area (Å²) in [6.45, 7) is 2.02. The summed E-state index contributed by atoms with van der Waals surface area (Å²) in [6.07, 6.45) is 2.18. The normalized spacial score (nSPS) is 27.2. The Morgan fingerprint density at radius 1 is 0.919 bits per heavy atom. The molecular weight excluding hydrogens is 513 g/mol. The number of carbonyl (C=O) groups excluding carboxylic acids is 3. The lowest BCUT2D eigenvalue weighted by atomic mass is 9.54. The summed E-state index contributed by atoms with van der Waals surface area (Å²) in [5, 5.41) is 6.45. The molecule has 0 spiro atoms. The van der Waals surface area contributed by atoms with Crippen molar-refractivity contribution in [1.29, 1.82) is 0 Å². The van der Waals surface area contributed by atoms with Gasteiger partial charge in [-0.3, -0.25) is 19.3 Å². The van der Waals surface area contributed by atoms with Gasteiger partial charge in [0.2, 0.25) is 17.7 Å². The smallest absolute Gasteiger partial charge is 0.235 e. The highest BCUT2D eigenvalue weighted by Crippen LogP contribution is 2.69. The van der Waals surface area contributed by atoms with Crippen LogP contribution in [0.1, 0.15) is 53.7 Å². The van der Waals surface area contributed by atoms with E-state index in [1.54, 1.807) is 13.0 Å². The van der Waals surface area contributed by atoms with Crippen LogP contribution in [0.5, 0.6) is 0 Å². The molecule has 2 atom stereocenters. The fourth-order valence-electron chi connectivity index (χ4n) is 6.31. The summed E-state index contributed by atoms with van der Waals surface area (Å²) in [5.41, 5.74) is 3.18. The third kappa shape index (κ3) is 3.40. The second-order valence-electron chi connectivity index (χ2n) is 9.98. The minimum atomic E-state index is -1.16. The minimum Gasteiger partial charge on any atom is -0.360 e. The molecule has 3 aromatic rings. The molecule has 3 aliphatic carbocycles. The Kier molecular flexibility index (Phi) is 5.69. The second-order valence-corrected chi connectivity index (χ2v) is 11.2. The van der Waals surface area contributed by atoms with Gasteiger partial charge in [0, 0.05) is 19.0 Å². The maximum absolute atomic E-state index is 13.8. The Morgan fingerprint density at radius 2 is 1.43 bits per heavy atom. The Morgan fingerprint density at radius 3 is 1.89 bits per heavy atom. The molecule has 9 heteroatoms. The van der Waals surface area contributed by atoms with E-state index < -0.39 is 21.6 Å². The van der Waals surface area contributed by atoms with Crippen LogP contribution in [0.3, 0.4) is 0 Å².